The highest BCUT2D eigenvalue weighted by molar-refractivity contribution is 4.79. The van der Waals surface area contributed by atoms with E-state index in [9.17, 15) is 0 Å². The maximum atomic E-state index is 8.65. The third-order valence-corrected chi connectivity index (χ3v) is 2.08. The molecule has 2 N–H and O–H groups in total. The molecule has 0 aromatic heterocycles. The van der Waals surface area contributed by atoms with E-state index in [4.69, 9.17) is 5.11 Å². The first-order chi connectivity index (χ1) is 4.36. The highest BCUT2D eigenvalue weighted by Crippen LogP contribution is 2.32. The lowest BCUT2D eigenvalue weighted by Crippen LogP contribution is -2.33. The SMILES string of the molecule is CNCC1CC(CO)C1. The highest BCUT2D eigenvalue weighted by Gasteiger charge is 2.27. The Hall–Kier alpha value is -0.0800. The molecule has 54 valence electrons. The molecule has 1 aliphatic rings. The molecule has 0 aromatic rings. The Morgan fingerprint density at radius 1 is 1.44 bits per heavy atom. The van der Waals surface area contributed by atoms with Crippen LogP contribution in [0.15, 0.2) is 0 Å². The fourth-order valence-electron chi connectivity index (χ4n) is 1.48. The number of nitrogens with one attached hydrogen (secondary N) is 1. The second-order valence-corrected chi connectivity index (χ2v) is 2.94. The maximum absolute atomic E-state index is 8.65. The Bertz CT molecular complexity index is 79.0. The van der Waals surface area contributed by atoms with Gasteiger partial charge in [-0.05, 0) is 38.3 Å². The second kappa shape index (κ2) is 3.18. The van der Waals surface area contributed by atoms with Crippen molar-refractivity contribution >= 4 is 0 Å². The second-order valence-electron chi connectivity index (χ2n) is 2.94. The monoisotopic (exact) mass is 129 g/mol. The molecule has 0 spiro atoms. The smallest absolute Gasteiger partial charge is 0.0459 e. The molecule has 0 atom stereocenters. The quantitative estimate of drug-likeness (QED) is 0.571. The summed E-state index contributed by atoms with van der Waals surface area (Å²) in [4.78, 5) is 0. The molecule has 0 heterocycles. The van der Waals surface area contributed by atoms with Crippen LogP contribution < -0.4 is 5.32 Å². The number of rotatable bonds is 3. The molecule has 1 rings (SSSR count). The van der Waals surface area contributed by atoms with Gasteiger partial charge in [-0.3, -0.25) is 0 Å². The van der Waals surface area contributed by atoms with Crippen LogP contribution in [0.25, 0.3) is 0 Å². The molecule has 1 fully saturated rings. The molecule has 1 aliphatic carbocycles. The lowest BCUT2D eigenvalue weighted by atomic mass is 9.75. The van der Waals surface area contributed by atoms with Gasteiger partial charge in [0.15, 0.2) is 0 Å². The van der Waals surface area contributed by atoms with Gasteiger partial charge in [-0.15, -0.1) is 0 Å². The molecule has 9 heavy (non-hydrogen) atoms. The van der Waals surface area contributed by atoms with Gasteiger partial charge >= 0.3 is 0 Å². The Labute approximate surface area is 56.3 Å². The van der Waals surface area contributed by atoms with Crippen molar-refractivity contribution in [3.05, 3.63) is 0 Å². The van der Waals surface area contributed by atoms with E-state index in [0.29, 0.717) is 12.5 Å². The van der Waals surface area contributed by atoms with Crippen molar-refractivity contribution in [3.8, 4) is 0 Å². The van der Waals surface area contributed by atoms with Crippen LogP contribution in [0.1, 0.15) is 12.8 Å². The van der Waals surface area contributed by atoms with Crippen molar-refractivity contribution in [1.29, 1.82) is 0 Å². The van der Waals surface area contributed by atoms with E-state index in [0.717, 1.165) is 12.5 Å². The van der Waals surface area contributed by atoms with Crippen LogP contribution in [0.3, 0.4) is 0 Å². The van der Waals surface area contributed by atoms with Gasteiger partial charge in [0.05, 0.1) is 0 Å². The standard InChI is InChI=1S/C7H15NO/c1-8-4-6-2-7(3-6)5-9/h6-9H,2-5H2,1H3. The van der Waals surface area contributed by atoms with Gasteiger partial charge in [-0.1, -0.05) is 0 Å². The first kappa shape index (κ1) is 7.03. The van der Waals surface area contributed by atoms with Gasteiger partial charge in [0.1, 0.15) is 0 Å². The van der Waals surface area contributed by atoms with Crippen LogP contribution in [-0.4, -0.2) is 25.3 Å². The average Bonchev–Trinajstić information content (AvgIpc) is 1.77. The summed E-state index contributed by atoms with van der Waals surface area (Å²) < 4.78 is 0. The Morgan fingerprint density at radius 3 is 2.56 bits per heavy atom. The largest absolute Gasteiger partial charge is 0.396 e. The molecule has 0 saturated heterocycles. The molecule has 0 aliphatic heterocycles. The van der Waals surface area contributed by atoms with Gasteiger partial charge in [0.25, 0.3) is 0 Å². The fraction of sp³-hybridized carbons (Fsp3) is 1.00. The van der Waals surface area contributed by atoms with Crippen molar-refractivity contribution in [1.82, 2.24) is 5.32 Å². The van der Waals surface area contributed by atoms with Gasteiger partial charge in [-0.2, -0.15) is 0 Å². The van der Waals surface area contributed by atoms with E-state index in [1.165, 1.54) is 12.8 Å². The molecular weight excluding hydrogens is 114 g/mol. The summed E-state index contributed by atoms with van der Waals surface area (Å²) in [5.74, 6) is 1.45. The first-order valence-corrected chi connectivity index (χ1v) is 3.62. The Balaban J connectivity index is 1.98. The van der Waals surface area contributed by atoms with E-state index in [2.05, 4.69) is 5.32 Å². The van der Waals surface area contributed by atoms with Crippen LogP contribution in [-0.2, 0) is 0 Å². The molecule has 0 aromatic carbocycles. The van der Waals surface area contributed by atoms with Gasteiger partial charge < -0.3 is 10.4 Å². The zero-order valence-electron chi connectivity index (χ0n) is 5.93. The summed E-state index contributed by atoms with van der Waals surface area (Å²) in [5, 5.41) is 11.8. The lowest BCUT2D eigenvalue weighted by Gasteiger charge is -2.33. The summed E-state index contributed by atoms with van der Waals surface area (Å²) in [7, 11) is 1.98. The minimum Gasteiger partial charge on any atom is -0.396 e. The van der Waals surface area contributed by atoms with E-state index in [1.807, 2.05) is 7.05 Å². The van der Waals surface area contributed by atoms with Crippen LogP contribution in [0, 0.1) is 11.8 Å². The van der Waals surface area contributed by atoms with Gasteiger partial charge in [0, 0.05) is 6.61 Å². The van der Waals surface area contributed by atoms with Crippen molar-refractivity contribution in [2.24, 2.45) is 11.8 Å². The third-order valence-electron chi connectivity index (χ3n) is 2.08. The third kappa shape index (κ3) is 1.66. The van der Waals surface area contributed by atoms with Crippen LogP contribution >= 0.6 is 0 Å². The number of aliphatic hydroxyl groups excluding tert-OH is 1. The molecule has 2 heteroatoms. The van der Waals surface area contributed by atoms with Crippen LogP contribution in [0.5, 0.6) is 0 Å². The predicted molar refractivity (Wildman–Crippen MR) is 37.2 cm³/mol. The van der Waals surface area contributed by atoms with E-state index >= 15 is 0 Å². The summed E-state index contributed by atoms with van der Waals surface area (Å²) >= 11 is 0. The van der Waals surface area contributed by atoms with Crippen molar-refractivity contribution in [2.45, 2.75) is 12.8 Å². The van der Waals surface area contributed by atoms with Crippen molar-refractivity contribution in [2.75, 3.05) is 20.2 Å². The first-order valence-electron chi connectivity index (χ1n) is 3.62. The topological polar surface area (TPSA) is 32.3 Å². The van der Waals surface area contributed by atoms with Gasteiger partial charge in [-0.25, -0.2) is 0 Å². The molecule has 1 saturated carbocycles. The molecule has 2 nitrogen and oxygen atoms in total. The average molecular weight is 129 g/mol. The number of hydrogen-bond acceptors (Lipinski definition) is 2. The summed E-state index contributed by atoms with van der Waals surface area (Å²) in [6.07, 6.45) is 2.44. The molecule has 0 unspecified atom stereocenters. The number of aliphatic hydroxyl groups is 1. The summed E-state index contributed by atoms with van der Waals surface area (Å²) in [6.45, 7) is 1.51. The van der Waals surface area contributed by atoms with E-state index in [1.54, 1.807) is 0 Å². The predicted octanol–water partition coefficient (Wildman–Crippen LogP) is 0.224. The van der Waals surface area contributed by atoms with Crippen LogP contribution in [0.4, 0.5) is 0 Å². The molecule has 0 bridgehead atoms. The minimum atomic E-state index is 0.389. The highest BCUT2D eigenvalue weighted by atomic mass is 16.3. The zero-order chi connectivity index (χ0) is 6.69. The van der Waals surface area contributed by atoms with Gasteiger partial charge in [0.2, 0.25) is 0 Å². The van der Waals surface area contributed by atoms with E-state index < -0.39 is 0 Å². The maximum Gasteiger partial charge on any atom is 0.0459 e. The van der Waals surface area contributed by atoms with Crippen molar-refractivity contribution in [3.63, 3.8) is 0 Å². The van der Waals surface area contributed by atoms with Crippen molar-refractivity contribution < 1.29 is 5.11 Å². The fourth-order valence-corrected chi connectivity index (χ4v) is 1.48. The van der Waals surface area contributed by atoms with Crippen LogP contribution in [0.2, 0.25) is 0 Å². The normalized spacial score (nSPS) is 34.0. The minimum absolute atomic E-state index is 0.389. The zero-order valence-corrected chi connectivity index (χ0v) is 5.93. The Kier molecular flexibility index (Phi) is 2.49. The molecule has 0 amide bonds. The van der Waals surface area contributed by atoms with E-state index in [-0.39, 0.29) is 0 Å². The summed E-state index contributed by atoms with van der Waals surface area (Å²) in [5.41, 5.74) is 0. The lowest BCUT2D eigenvalue weighted by molar-refractivity contribution is 0.108. The molecular formula is C7H15NO. The molecule has 0 radical (unpaired) electrons. The Morgan fingerprint density at radius 2 is 2.11 bits per heavy atom. The summed E-state index contributed by atoms with van der Waals surface area (Å²) in [6, 6.07) is 0. The number of hydrogen-bond donors (Lipinski definition) is 2.